The molecular formula is C12H11CuF7O2. The van der Waals surface area contributed by atoms with Gasteiger partial charge in [0.2, 0.25) is 0 Å². The first-order chi connectivity index (χ1) is 9.41. The third-order valence-corrected chi connectivity index (χ3v) is 2.95. The fraction of sp³-hybridized carbons (Fsp3) is 0.500. The van der Waals surface area contributed by atoms with E-state index in [0.29, 0.717) is 0 Å². The van der Waals surface area contributed by atoms with Gasteiger partial charge in [0.15, 0.2) is 23.3 Å². The summed E-state index contributed by atoms with van der Waals surface area (Å²) in [6.45, 7) is 1.92. The van der Waals surface area contributed by atoms with Crippen molar-refractivity contribution in [3.63, 3.8) is 0 Å². The number of hydrogen-bond acceptors (Lipinski definition) is 2. The summed E-state index contributed by atoms with van der Waals surface area (Å²) in [6.07, 6.45) is -8.96. The topological polar surface area (TPSA) is 40.5 Å². The molecule has 0 spiro atoms. The van der Waals surface area contributed by atoms with E-state index in [4.69, 9.17) is 0 Å². The minimum Gasteiger partial charge on any atom is -0.393 e. The standard InChI is InChI=1S/C12H11F7O2.Cu/c1-3(20)5(4(2)21)6-8(13)10(15)7(12(17,18)19)11(16)9(6)14;/h3-5,20-21H,1-2H3;. The van der Waals surface area contributed by atoms with Crippen LogP contribution >= 0.6 is 0 Å². The molecule has 0 aromatic heterocycles. The van der Waals surface area contributed by atoms with Gasteiger partial charge in [-0.25, -0.2) is 17.6 Å². The molecule has 1 radical (unpaired) electrons. The van der Waals surface area contributed by atoms with E-state index >= 15 is 0 Å². The van der Waals surface area contributed by atoms with Gasteiger partial charge in [0.1, 0.15) is 5.56 Å². The molecule has 0 saturated heterocycles. The van der Waals surface area contributed by atoms with E-state index in [1.165, 1.54) is 0 Å². The van der Waals surface area contributed by atoms with Crippen molar-refractivity contribution in [3.05, 3.63) is 34.4 Å². The van der Waals surface area contributed by atoms with Crippen molar-refractivity contribution < 1.29 is 58.0 Å². The second-order valence-corrected chi connectivity index (χ2v) is 4.55. The Balaban J connectivity index is 0.00000441. The van der Waals surface area contributed by atoms with Crippen LogP contribution in [0.25, 0.3) is 0 Å². The summed E-state index contributed by atoms with van der Waals surface area (Å²) in [5, 5.41) is 18.7. The van der Waals surface area contributed by atoms with Crippen LogP contribution < -0.4 is 0 Å². The number of halogens is 7. The van der Waals surface area contributed by atoms with Gasteiger partial charge < -0.3 is 10.2 Å². The summed E-state index contributed by atoms with van der Waals surface area (Å²) in [4.78, 5) is 0. The molecule has 1 rings (SSSR count). The van der Waals surface area contributed by atoms with Crippen molar-refractivity contribution in [2.24, 2.45) is 0 Å². The molecule has 131 valence electrons. The van der Waals surface area contributed by atoms with Crippen LogP contribution in [0, 0.1) is 23.3 Å². The van der Waals surface area contributed by atoms with Crippen LogP contribution in [0.2, 0.25) is 0 Å². The SMILES string of the molecule is CC(O)C(c1c(F)c(F)c(C(F)(F)F)c(F)c1F)C(C)O.[Cu]. The molecule has 0 fully saturated rings. The van der Waals surface area contributed by atoms with Crippen molar-refractivity contribution in [2.45, 2.75) is 38.1 Å². The van der Waals surface area contributed by atoms with Crippen molar-refractivity contribution in [1.29, 1.82) is 0 Å². The van der Waals surface area contributed by atoms with E-state index in [9.17, 15) is 40.9 Å². The maximum atomic E-state index is 13.7. The monoisotopic (exact) mass is 383 g/mol. The van der Waals surface area contributed by atoms with Gasteiger partial charge in [-0.1, -0.05) is 0 Å². The van der Waals surface area contributed by atoms with E-state index in [1.54, 1.807) is 0 Å². The van der Waals surface area contributed by atoms with Gasteiger partial charge in [-0.2, -0.15) is 13.2 Å². The second kappa shape index (κ2) is 7.16. The van der Waals surface area contributed by atoms with Crippen molar-refractivity contribution in [2.75, 3.05) is 0 Å². The zero-order chi connectivity index (χ0) is 16.7. The van der Waals surface area contributed by atoms with Crippen LogP contribution in [0.5, 0.6) is 0 Å². The first kappa shape index (κ1) is 21.2. The van der Waals surface area contributed by atoms with Crippen LogP contribution in [0.3, 0.4) is 0 Å². The summed E-state index contributed by atoms with van der Waals surface area (Å²) in [5.74, 6) is -11.7. The van der Waals surface area contributed by atoms with Gasteiger partial charge in [-0.3, -0.25) is 0 Å². The number of alkyl halides is 3. The normalized spacial score (nSPS) is 16.0. The Morgan fingerprint density at radius 1 is 0.773 bits per heavy atom. The minimum atomic E-state index is -5.64. The minimum absolute atomic E-state index is 0. The van der Waals surface area contributed by atoms with E-state index < -0.39 is 58.7 Å². The summed E-state index contributed by atoms with van der Waals surface area (Å²) in [6, 6.07) is 0. The van der Waals surface area contributed by atoms with E-state index in [0.717, 1.165) is 13.8 Å². The van der Waals surface area contributed by atoms with E-state index in [1.807, 2.05) is 0 Å². The average molecular weight is 384 g/mol. The largest absolute Gasteiger partial charge is 0.422 e. The third-order valence-electron chi connectivity index (χ3n) is 2.95. The molecule has 0 aliphatic rings. The molecule has 2 atom stereocenters. The van der Waals surface area contributed by atoms with Gasteiger partial charge in [-0.05, 0) is 13.8 Å². The zero-order valence-corrected chi connectivity index (χ0v) is 12.0. The average Bonchev–Trinajstić information content (AvgIpc) is 2.29. The fourth-order valence-corrected chi connectivity index (χ4v) is 2.08. The molecule has 10 heteroatoms. The Labute approximate surface area is 131 Å². The number of aliphatic hydroxyl groups excluding tert-OH is 2. The van der Waals surface area contributed by atoms with Crippen molar-refractivity contribution in [1.82, 2.24) is 0 Å². The number of rotatable bonds is 3. The van der Waals surface area contributed by atoms with Crippen LogP contribution in [-0.2, 0) is 23.2 Å². The van der Waals surface area contributed by atoms with E-state index in [2.05, 4.69) is 0 Å². The molecule has 1 aromatic rings. The Bertz CT molecular complexity index is 506. The quantitative estimate of drug-likeness (QED) is 0.478. The summed E-state index contributed by atoms with van der Waals surface area (Å²) >= 11 is 0. The van der Waals surface area contributed by atoms with Crippen LogP contribution in [0.15, 0.2) is 0 Å². The molecule has 1 aromatic carbocycles. The second-order valence-electron chi connectivity index (χ2n) is 4.55. The van der Waals surface area contributed by atoms with Gasteiger partial charge in [0.25, 0.3) is 0 Å². The smallest absolute Gasteiger partial charge is 0.393 e. The molecule has 0 saturated carbocycles. The molecule has 22 heavy (non-hydrogen) atoms. The number of benzene rings is 1. The van der Waals surface area contributed by atoms with Gasteiger partial charge in [0, 0.05) is 28.6 Å². The molecule has 2 N–H and O–H groups in total. The molecular weight excluding hydrogens is 373 g/mol. The third kappa shape index (κ3) is 3.73. The molecule has 0 amide bonds. The summed E-state index contributed by atoms with van der Waals surface area (Å²) in [7, 11) is 0. The Morgan fingerprint density at radius 3 is 1.32 bits per heavy atom. The maximum Gasteiger partial charge on any atom is 0.422 e. The first-order valence-electron chi connectivity index (χ1n) is 5.70. The fourth-order valence-electron chi connectivity index (χ4n) is 2.08. The maximum absolute atomic E-state index is 13.7. The molecule has 0 aliphatic heterocycles. The molecule has 0 heterocycles. The van der Waals surface area contributed by atoms with Crippen LogP contribution in [0.4, 0.5) is 30.7 Å². The Hall–Kier alpha value is -0.831. The van der Waals surface area contributed by atoms with Crippen LogP contribution in [0.1, 0.15) is 30.9 Å². The Morgan fingerprint density at radius 2 is 1.09 bits per heavy atom. The predicted molar refractivity (Wildman–Crippen MR) is 57.4 cm³/mol. The van der Waals surface area contributed by atoms with Gasteiger partial charge in [0.05, 0.1) is 12.2 Å². The van der Waals surface area contributed by atoms with Gasteiger partial charge in [-0.15, -0.1) is 0 Å². The number of aliphatic hydroxyl groups is 2. The van der Waals surface area contributed by atoms with Crippen LogP contribution in [-0.4, -0.2) is 22.4 Å². The molecule has 0 bridgehead atoms. The predicted octanol–water partition coefficient (Wildman–Crippen LogP) is 3.10. The van der Waals surface area contributed by atoms with E-state index in [-0.39, 0.29) is 17.1 Å². The molecule has 0 aliphatic carbocycles. The van der Waals surface area contributed by atoms with Gasteiger partial charge >= 0.3 is 6.18 Å². The molecule has 2 unspecified atom stereocenters. The molecule has 2 nitrogen and oxygen atoms in total. The Kier molecular flexibility index (Phi) is 6.89. The summed E-state index contributed by atoms with van der Waals surface area (Å²) < 4.78 is 91.5. The van der Waals surface area contributed by atoms with Crippen molar-refractivity contribution in [3.8, 4) is 0 Å². The number of hydrogen-bond donors (Lipinski definition) is 2. The summed E-state index contributed by atoms with van der Waals surface area (Å²) in [5.41, 5.74) is -4.17. The zero-order valence-electron chi connectivity index (χ0n) is 11.1. The first-order valence-corrected chi connectivity index (χ1v) is 5.70. The van der Waals surface area contributed by atoms with Crippen molar-refractivity contribution >= 4 is 0 Å².